The maximum atomic E-state index is 5.44. The molecule has 0 atom stereocenters. The molecule has 3 heteroatoms. The molecule has 0 N–H and O–H groups in total. The van der Waals surface area contributed by atoms with Crippen LogP contribution in [-0.2, 0) is 6.42 Å². The van der Waals surface area contributed by atoms with Gasteiger partial charge in [-0.2, -0.15) is 12.6 Å². The van der Waals surface area contributed by atoms with Crippen molar-refractivity contribution in [3.8, 4) is 5.75 Å². The molecule has 0 aliphatic carbocycles. The molecule has 17 heavy (non-hydrogen) atoms. The first-order chi connectivity index (χ1) is 8.01. The standard InChI is InChI=1S/C14H23NOS/c1-10-8-13(6-7-15(4)9-17)11(2)12(3)14(10)16-5/h8,17H,6-7,9H2,1-5H3. The van der Waals surface area contributed by atoms with Gasteiger partial charge in [0.05, 0.1) is 7.11 Å². The van der Waals surface area contributed by atoms with Crippen LogP contribution in [0, 0.1) is 20.8 Å². The number of benzene rings is 1. The van der Waals surface area contributed by atoms with Crippen molar-refractivity contribution >= 4 is 12.6 Å². The van der Waals surface area contributed by atoms with Gasteiger partial charge in [0.25, 0.3) is 0 Å². The molecule has 0 unspecified atom stereocenters. The number of nitrogens with zero attached hydrogens (tertiary/aromatic N) is 1. The Morgan fingerprint density at radius 2 is 1.88 bits per heavy atom. The largest absolute Gasteiger partial charge is 0.496 e. The van der Waals surface area contributed by atoms with Gasteiger partial charge in [-0.15, -0.1) is 0 Å². The Kier molecular flexibility index (Phi) is 5.34. The van der Waals surface area contributed by atoms with E-state index in [0.29, 0.717) is 0 Å². The van der Waals surface area contributed by atoms with Crippen molar-refractivity contribution < 1.29 is 4.74 Å². The fourth-order valence-corrected chi connectivity index (χ4v) is 2.24. The first-order valence-corrected chi connectivity index (χ1v) is 6.57. The maximum Gasteiger partial charge on any atom is 0.124 e. The van der Waals surface area contributed by atoms with Crippen molar-refractivity contribution in [3.05, 3.63) is 28.3 Å². The fraction of sp³-hybridized carbons (Fsp3) is 0.571. The van der Waals surface area contributed by atoms with Gasteiger partial charge < -0.3 is 4.74 Å². The summed E-state index contributed by atoms with van der Waals surface area (Å²) < 4.78 is 5.44. The lowest BCUT2D eigenvalue weighted by Gasteiger charge is -2.18. The summed E-state index contributed by atoms with van der Waals surface area (Å²) in [6.45, 7) is 7.45. The molecule has 0 aliphatic rings. The number of aryl methyl sites for hydroxylation is 1. The molecule has 0 aromatic heterocycles. The van der Waals surface area contributed by atoms with Gasteiger partial charge in [0.2, 0.25) is 0 Å². The molecular formula is C14H23NOS. The third kappa shape index (κ3) is 3.39. The number of ether oxygens (including phenoxy) is 1. The highest BCUT2D eigenvalue weighted by atomic mass is 32.1. The van der Waals surface area contributed by atoms with Crippen LogP contribution in [0.25, 0.3) is 0 Å². The van der Waals surface area contributed by atoms with Gasteiger partial charge >= 0.3 is 0 Å². The smallest absolute Gasteiger partial charge is 0.124 e. The van der Waals surface area contributed by atoms with Crippen molar-refractivity contribution in [3.63, 3.8) is 0 Å². The highest BCUT2D eigenvalue weighted by molar-refractivity contribution is 7.80. The molecule has 0 radical (unpaired) electrons. The zero-order valence-corrected chi connectivity index (χ0v) is 12.4. The predicted octanol–water partition coefficient (Wildman–Crippen LogP) is 2.98. The van der Waals surface area contributed by atoms with Crippen LogP contribution in [0.4, 0.5) is 0 Å². The topological polar surface area (TPSA) is 12.5 Å². The maximum absolute atomic E-state index is 5.44. The van der Waals surface area contributed by atoms with E-state index in [0.717, 1.165) is 24.6 Å². The van der Waals surface area contributed by atoms with Crippen LogP contribution >= 0.6 is 12.6 Å². The van der Waals surface area contributed by atoms with Crippen LogP contribution < -0.4 is 4.74 Å². The number of hydrogen-bond donors (Lipinski definition) is 1. The fourth-order valence-electron chi connectivity index (χ4n) is 2.10. The molecule has 1 rings (SSSR count). The summed E-state index contributed by atoms with van der Waals surface area (Å²) >= 11 is 4.27. The molecule has 0 saturated carbocycles. The lowest BCUT2D eigenvalue weighted by molar-refractivity contribution is 0.397. The second-order valence-corrected chi connectivity index (χ2v) is 4.89. The molecule has 0 fully saturated rings. The number of likely N-dealkylation sites (N-methyl/N-ethyl adjacent to an activating group) is 1. The Morgan fingerprint density at radius 1 is 1.24 bits per heavy atom. The summed E-state index contributed by atoms with van der Waals surface area (Å²) in [5.74, 6) is 1.82. The third-order valence-corrected chi connectivity index (χ3v) is 3.82. The van der Waals surface area contributed by atoms with Crippen molar-refractivity contribution in [2.45, 2.75) is 27.2 Å². The Morgan fingerprint density at radius 3 is 2.41 bits per heavy atom. The van der Waals surface area contributed by atoms with Crippen LogP contribution in [0.2, 0.25) is 0 Å². The van der Waals surface area contributed by atoms with E-state index in [-0.39, 0.29) is 0 Å². The zero-order valence-electron chi connectivity index (χ0n) is 11.5. The van der Waals surface area contributed by atoms with Crippen molar-refractivity contribution in [2.75, 3.05) is 26.6 Å². The van der Waals surface area contributed by atoms with Crippen LogP contribution in [0.15, 0.2) is 6.07 Å². The molecule has 0 spiro atoms. The minimum Gasteiger partial charge on any atom is -0.496 e. The number of hydrogen-bond acceptors (Lipinski definition) is 3. The second-order valence-electron chi connectivity index (χ2n) is 4.61. The Bertz CT molecular complexity index is 390. The first-order valence-electron chi connectivity index (χ1n) is 5.94. The highest BCUT2D eigenvalue weighted by Crippen LogP contribution is 2.28. The monoisotopic (exact) mass is 253 g/mol. The highest BCUT2D eigenvalue weighted by Gasteiger charge is 2.10. The minimum absolute atomic E-state index is 0.799. The van der Waals surface area contributed by atoms with Crippen molar-refractivity contribution in [1.82, 2.24) is 4.90 Å². The molecule has 0 saturated heterocycles. The third-order valence-electron chi connectivity index (χ3n) is 3.34. The van der Waals surface area contributed by atoms with E-state index in [1.807, 2.05) is 0 Å². The molecule has 2 nitrogen and oxygen atoms in total. The summed E-state index contributed by atoms with van der Waals surface area (Å²) in [7, 11) is 3.83. The first kappa shape index (κ1) is 14.4. The van der Waals surface area contributed by atoms with E-state index in [1.54, 1.807) is 7.11 Å². The Balaban J connectivity index is 2.94. The molecule has 1 aromatic carbocycles. The predicted molar refractivity (Wildman–Crippen MR) is 77.4 cm³/mol. The van der Waals surface area contributed by atoms with Gasteiger partial charge in [-0.25, -0.2) is 0 Å². The van der Waals surface area contributed by atoms with Crippen LogP contribution in [0.3, 0.4) is 0 Å². The molecule has 0 heterocycles. The summed E-state index contributed by atoms with van der Waals surface area (Å²) in [6.07, 6.45) is 1.06. The number of rotatable bonds is 5. The SMILES string of the molecule is COc1c(C)cc(CCN(C)CS)c(C)c1C. The van der Waals surface area contributed by atoms with Crippen molar-refractivity contribution in [2.24, 2.45) is 0 Å². The lowest BCUT2D eigenvalue weighted by atomic mass is 9.96. The number of methoxy groups -OCH3 is 1. The second kappa shape index (κ2) is 6.31. The number of thiol groups is 1. The summed E-state index contributed by atoms with van der Waals surface area (Å²) in [6, 6.07) is 2.24. The van der Waals surface area contributed by atoms with E-state index >= 15 is 0 Å². The summed E-state index contributed by atoms with van der Waals surface area (Å²) in [5.41, 5.74) is 5.24. The Hall–Kier alpha value is -0.670. The average molecular weight is 253 g/mol. The summed E-state index contributed by atoms with van der Waals surface area (Å²) in [4.78, 5) is 2.21. The van der Waals surface area contributed by atoms with E-state index in [9.17, 15) is 0 Å². The van der Waals surface area contributed by atoms with E-state index in [1.165, 1.54) is 22.3 Å². The van der Waals surface area contributed by atoms with Crippen LogP contribution in [0.5, 0.6) is 5.75 Å². The molecule has 1 aromatic rings. The van der Waals surface area contributed by atoms with E-state index in [4.69, 9.17) is 4.74 Å². The van der Waals surface area contributed by atoms with E-state index < -0.39 is 0 Å². The zero-order chi connectivity index (χ0) is 13.0. The quantitative estimate of drug-likeness (QED) is 0.640. The van der Waals surface area contributed by atoms with Crippen molar-refractivity contribution in [1.29, 1.82) is 0 Å². The van der Waals surface area contributed by atoms with Gasteiger partial charge in [-0.05, 0) is 56.5 Å². The van der Waals surface area contributed by atoms with Gasteiger partial charge in [-0.3, -0.25) is 4.90 Å². The van der Waals surface area contributed by atoms with Gasteiger partial charge in [0.15, 0.2) is 0 Å². The van der Waals surface area contributed by atoms with E-state index in [2.05, 4.69) is 51.4 Å². The summed E-state index contributed by atoms with van der Waals surface area (Å²) in [5, 5.41) is 0. The molecule has 0 bridgehead atoms. The van der Waals surface area contributed by atoms with Crippen LogP contribution in [-0.4, -0.2) is 31.5 Å². The van der Waals surface area contributed by atoms with Gasteiger partial charge in [0, 0.05) is 12.4 Å². The van der Waals surface area contributed by atoms with Gasteiger partial charge in [0.1, 0.15) is 5.75 Å². The molecule has 0 amide bonds. The average Bonchev–Trinajstić information content (AvgIpc) is 2.32. The molecule has 0 aliphatic heterocycles. The van der Waals surface area contributed by atoms with Crippen LogP contribution in [0.1, 0.15) is 22.3 Å². The molecule has 96 valence electrons. The minimum atomic E-state index is 0.799. The Labute approximate surface area is 110 Å². The molecular weight excluding hydrogens is 230 g/mol. The normalized spacial score (nSPS) is 11.0. The lowest BCUT2D eigenvalue weighted by Crippen LogP contribution is -2.19. The van der Waals surface area contributed by atoms with Gasteiger partial charge in [-0.1, -0.05) is 6.07 Å².